The largest absolute Gasteiger partial charge is 0.463 e. The van der Waals surface area contributed by atoms with Gasteiger partial charge < -0.3 is 4.42 Å². The minimum absolute atomic E-state index is 0.0216. The SMILES string of the molecule is O=[N+]([O-])c1cccc(C=Nc2c(-c3ccco3)nc3ccccn23)c1. The fourth-order valence-electron chi connectivity index (χ4n) is 2.54. The molecule has 25 heavy (non-hydrogen) atoms. The van der Waals surface area contributed by atoms with Crippen molar-refractivity contribution in [2.24, 2.45) is 4.99 Å². The Bertz CT molecular complexity index is 1080. The quantitative estimate of drug-likeness (QED) is 0.317. The Balaban J connectivity index is 1.82. The van der Waals surface area contributed by atoms with Crippen molar-refractivity contribution in [2.45, 2.75) is 0 Å². The summed E-state index contributed by atoms with van der Waals surface area (Å²) in [6.07, 6.45) is 5.01. The van der Waals surface area contributed by atoms with E-state index in [1.807, 2.05) is 34.9 Å². The number of furan rings is 1. The third kappa shape index (κ3) is 2.78. The lowest BCUT2D eigenvalue weighted by atomic mass is 10.2. The van der Waals surface area contributed by atoms with Crippen LogP contribution in [0.4, 0.5) is 11.5 Å². The first kappa shape index (κ1) is 14.8. The zero-order valence-corrected chi connectivity index (χ0v) is 12.9. The monoisotopic (exact) mass is 332 g/mol. The fraction of sp³-hybridized carbons (Fsp3) is 0. The second kappa shape index (κ2) is 6.04. The summed E-state index contributed by atoms with van der Waals surface area (Å²) in [5.74, 6) is 1.20. The average molecular weight is 332 g/mol. The number of hydrogen-bond donors (Lipinski definition) is 0. The van der Waals surface area contributed by atoms with Crippen LogP contribution in [0.3, 0.4) is 0 Å². The predicted molar refractivity (Wildman–Crippen MR) is 93.2 cm³/mol. The van der Waals surface area contributed by atoms with E-state index in [-0.39, 0.29) is 5.69 Å². The van der Waals surface area contributed by atoms with E-state index in [1.54, 1.807) is 30.7 Å². The van der Waals surface area contributed by atoms with Crippen LogP contribution in [0.5, 0.6) is 0 Å². The number of nitro groups is 1. The Morgan fingerprint density at radius 3 is 2.88 bits per heavy atom. The minimum Gasteiger partial charge on any atom is -0.463 e. The van der Waals surface area contributed by atoms with Crippen LogP contribution < -0.4 is 0 Å². The minimum atomic E-state index is -0.431. The molecular weight excluding hydrogens is 320 g/mol. The number of non-ortho nitro benzene ring substituents is 1. The molecule has 0 saturated carbocycles. The molecule has 7 nitrogen and oxygen atoms in total. The lowest BCUT2D eigenvalue weighted by Crippen LogP contribution is -1.90. The van der Waals surface area contributed by atoms with Gasteiger partial charge in [0.25, 0.3) is 5.69 Å². The van der Waals surface area contributed by atoms with E-state index in [9.17, 15) is 10.1 Å². The molecule has 0 saturated heterocycles. The fourth-order valence-corrected chi connectivity index (χ4v) is 2.54. The lowest BCUT2D eigenvalue weighted by molar-refractivity contribution is -0.384. The molecule has 0 amide bonds. The standard InChI is InChI=1S/C18H12N4O3/c23-22(24)14-6-3-5-13(11-14)12-19-18-17(15-7-4-10-25-15)20-16-8-1-2-9-21(16)18/h1-12H. The molecule has 4 rings (SSSR count). The van der Waals surface area contributed by atoms with Crippen molar-refractivity contribution in [2.75, 3.05) is 0 Å². The van der Waals surface area contributed by atoms with Crippen LogP contribution in [-0.4, -0.2) is 20.5 Å². The van der Waals surface area contributed by atoms with Crippen molar-refractivity contribution < 1.29 is 9.34 Å². The van der Waals surface area contributed by atoms with Crippen LogP contribution in [0.1, 0.15) is 5.56 Å². The molecule has 0 spiro atoms. The van der Waals surface area contributed by atoms with Gasteiger partial charge in [-0.1, -0.05) is 18.2 Å². The maximum absolute atomic E-state index is 10.9. The maximum Gasteiger partial charge on any atom is 0.270 e. The summed E-state index contributed by atoms with van der Waals surface area (Å²) in [6.45, 7) is 0. The Labute approximate surface area is 142 Å². The number of imidazole rings is 1. The molecule has 122 valence electrons. The Kier molecular flexibility index (Phi) is 3.59. The van der Waals surface area contributed by atoms with Crippen LogP contribution in [0.2, 0.25) is 0 Å². The summed E-state index contributed by atoms with van der Waals surface area (Å²) in [5, 5.41) is 10.9. The van der Waals surface area contributed by atoms with Gasteiger partial charge in [-0.2, -0.15) is 0 Å². The molecule has 0 aliphatic rings. The molecule has 0 radical (unpaired) electrons. The highest BCUT2D eigenvalue weighted by molar-refractivity contribution is 5.85. The van der Waals surface area contributed by atoms with Crippen molar-refractivity contribution in [3.8, 4) is 11.5 Å². The highest BCUT2D eigenvalue weighted by atomic mass is 16.6. The van der Waals surface area contributed by atoms with Crippen LogP contribution in [0.15, 0.2) is 76.5 Å². The first-order chi connectivity index (χ1) is 12.2. The number of pyridine rings is 1. The first-order valence-electron chi connectivity index (χ1n) is 7.52. The van der Waals surface area contributed by atoms with Gasteiger partial charge in [0.1, 0.15) is 5.65 Å². The molecule has 1 aromatic carbocycles. The number of rotatable bonds is 4. The Morgan fingerprint density at radius 1 is 1.16 bits per heavy atom. The van der Waals surface area contributed by atoms with Crippen LogP contribution in [0.25, 0.3) is 17.1 Å². The number of hydrogen-bond acceptors (Lipinski definition) is 5. The number of nitro benzene ring substituents is 1. The molecule has 3 heterocycles. The van der Waals surface area contributed by atoms with Gasteiger partial charge in [0.15, 0.2) is 17.3 Å². The third-order valence-electron chi connectivity index (χ3n) is 3.68. The molecule has 3 aromatic heterocycles. The Morgan fingerprint density at radius 2 is 2.08 bits per heavy atom. The van der Waals surface area contributed by atoms with E-state index in [4.69, 9.17) is 4.42 Å². The Hall–Kier alpha value is -3.74. The summed E-state index contributed by atoms with van der Waals surface area (Å²) < 4.78 is 7.29. The van der Waals surface area contributed by atoms with Gasteiger partial charge in [-0.25, -0.2) is 9.98 Å². The number of nitrogens with zero attached hydrogens (tertiary/aromatic N) is 4. The molecule has 0 atom stereocenters. The van der Waals surface area contributed by atoms with E-state index in [0.29, 0.717) is 22.8 Å². The van der Waals surface area contributed by atoms with Crippen molar-refractivity contribution in [3.05, 3.63) is 82.7 Å². The van der Waals surface area contributed by atoms with Crippen molar-refractivity contribution in [1.82, 2.24) is 9.38 Å². The van der Waals surface area contributed by atoms with Gasteiger partial charge in [-0.15, -0.1) is 0 Å². The van der Waals surface area contributed by atoms with E-state index in [1.165, 1.54) is 12.1 Å². The number of fused-ring (bicyclic) bond motifs is 1. The normalized spacial score (nSPS) is 11.4. The predicted octanol–water partition coefficient (Wildman–Crippen LogP) is 4.25. The van der Waals surface area contributed by atoms with Crippen molar-refractivity contribution >= 4 is 23.4 Å². The van der Waals surface area contributed by atoms with Gasteiger partial charge in [0, 0.05) is 24.5 Å². The van der Waals surface area contributed by atoms with Gasteiger partial charge >= 0.3 is 0 Å². The van der Waals surface area contributed by atoms with Crippen molar-refractivity contribution in [1.29, 1.82) is 0 Å². The number of aromatic nitrogens is 2. The average Bonchev–Trinajstić information content (AvgIpc) is 3.27. The summed E-state index contributed by atoms with van der Waals surface area (Å²) in [7, 11) is 0. The smallest absolute Gasteiger partial charge is 0.270 e. The third-order valence-corrected chi connectivity index (χ3v) is 3.68. The van der Waals surface area contributed by atoms with Gasteiger partial charge in [0.2, 0.25) is 0 Å². The lowest BCUT2D eigenvalue weighted by Gasteiger charge is -1.98. The maximum atomic E-state index is 10.9. The zero-order valence-electron chi connectivity index (χ0n) is 12.9. The summed E-state index contributed by atoms with van der Waals surface area (Å²) in [6, 6.07) is 15.5. The summed E-state index contributed by atoms with van der Waals surface area (Å²) in [4.78, 5) is 19.5. The topological polar surface area (TPSA) is 85.9 Å². The second-order valence-corrected chi connectivity index (χ2v) is 5.30. The summed E-state index contributed by atoms with van der Waals surface area (Å²) in [5.41, 5.74) is 2.00. The van der Waals surface area contributed by atoms with E-state index >= 15 is 0 Å². The first-order valence-corrected chi connectivity index (χ1v) is 7.52. The highest BCUT2D eigenvalue weighted by Crippen LogP contribution is 2.31. The van der Waals surface area contributed by atoms with E-state index in [0.717, 1.165) is 5.65 Å². The van der Waals surface area contributed by atoms with Crippen LogP contribution in [-0.2, 0) is 0 Å². The molecule has 7 heteroatoms. The zero-order chi connectivity index (χ0) is 17.2. The molecule has 0 bridgehead atoms. The highest BCUT2D eigenvalue weighted by Gasteiger charge is 2.15. The molecule has 0 N–H and O–H groups in total. The number of aliphatic imine (C=N–C) groups is 1. The molecule has 0 aliphatic heterocycles. The van der Waals surface area contributed by atoms with E-state index < -0.39 is 4.92 Å². The second-order valence-electron chi connectivity index (χ2n) is 5.30. The van der Waals surface area contributed by atoms with Gasteiger partial charge in [0.05, 0.1) is 11.2 Å². The van der Waals surface area contributed by atoms with Gasteiger partial charge in [-0.05, 0) is 29.8 Å². The molecular formula is C18H12N4O3. The number of benzene rings is 1. The summed E-state index contributed by atoms with van der Waals surface area (Å²) >= 11 is 0. The van der Waals surface area contributed by atoms with Gasteiger partial charge in [-0.3, -0.25) is 14.5 Å². The van der Waals surface area contributed by atoms with Crippen molar-refractivity contribution in [3.63, 3.8) is 0 Å². The molecule has 0 fully saturated rings. The van der Waals surface area contributed by atoms with Crippen LogP contribution >= 0.6 is 0 Å². The van der Waals surface area contributed by atoms with Crippen LogP contribution in [0, 0.1) is 10.1 Å². The van der Waals surface area contributed by atoms with E-state index in [2.05, 4.69) is 9.98 Å². The molecule has 0 aliphatic carbocycles. The molecule has 0 unspecified atom stereocenters. The molecule has 4 aromatic rings.